The van der Waals surface area contributed by atoms with Crippen molar-refractivity contribution in [2.45, 2.75) is 31.8 Å². The highest BCUT2D eigenvalue weighted by atomic mass is 19.1. The third-order valence-corrected chi connectivity index (χ3v) is 3.40. The maximum Gasteiger partial charge on any atom is 0.127 e. The minimum atomic E-state index is -0.122. The van der Waals surface area contributed by atoms with Gasteiger partial charge in [0.15, 0.2) is 0 Å². The van der Waals surface area contributed by atoms with Gasteiger partial charge in [0.1, 0.15) is 5.82 Å². The minimum absolute atomic E-state index is 0.122. The summed E-state index contributed by atoms with van der Waals surface area (Å²) in [5.74, 6) is -0.122. The van der Waals surface area contributed by atoms with E-state index in [9.17, 15) is 4.39 Å². The van der Waals surface area contributed by atoms with E-state index in [4.69, 9.17) is 0 Å². The smallest absolute Gasteiger partial charge is 0.127 e. The predicted octanol–water partition coefficient (Wildman–Crippen LogP) is 3.06. The van der Waals surface area contributed by atoms with Gasteiger partial charge in [0.2, 0.25) is 0 Å². The first-order chi connectivity index (χ1) is 9.31. The van der Waals surface area contributed by atoms with Gasteiger partial charge in [0.05, 0.1) is 0 Å². The molecule has 0 atom stereocenters. The SMILES string of the molecule is Fc1ccc(Cc2cccnc2)cc1CNC1CC1. The lowest BCUT2D eigenvalue weighted by atomic mass is 10.0. The number of hydrogen-bond donors (Lipinski definition) is 1. The fourth-order valence-electron chi connectivity index (χ4n) is 2.15. The molecule has 0 aliphatic heterocycles. The topological polar surface area (TPSA) is 24.9 Å². The quantitative estimate of drug-likeness (QED) is 0.889. The van der Waals surface area contributed by atoms with E-state index in [0.29, 0.717) is 12.6 Å². The second-order valence-electron chi connectivity index (χ2n) is 5.12. The largest absolute Gasteiger partial charge is 0.310 e. The third kappa shape index (κ3) is 3.38. The first kappa shape index (κ1) is 12.3. The molecule has 3 heteroatoms. The summed E-state index contributed by atoms with van der Waals surface area (Å²) >= 11 is 0. The van der Waals surface area contributed by atoms with Gasteiger partial charge in [-0.15, -0.1) is 0 Å². The zero-order chi connectivity index (χ0) is 13.1. The fourth-order valence-corrected chi connectivity index (χ4v) is 2.15. The van der Waals surface area contributed by atoms with Crippen molar-refractivity contribution in [3.8, 4) is 0 Å². The van der Waals surface area contributed by atoms with Crippen LogP contribution in [0.25, 0.3) is 0 Å². The van der Waals surface area contributed by atoms with Crippen LogP contribution in [0.3, 0.4) is 0 Å². The van der Waals surface area contributed by atoms with E-state index in [-0.39, 0.29) is 5.82 Å². The van der Waals surface area contributed by atoms with Crippen molar-refractivity contribution in [1.82, 2.24) is 10.3 Å². The molecule has 1 aliphatic carbocycles. The highest BCUT2D eigenvalue weighted by Gasteiger charge is 2.20. The number of nitrogens with zero attached hydrogens (tertiary/aromatic N) is 1. The Hall–Kier alpha value is -1.74. The molecule has 1 aromatic carbocycles. The maximum absolute atomic E-state index is 13.7. The molecular weight excluding hydrogens is 239 g/mol. The number of nitrogens with one attached hydrogen (secondary N) is 1. The normalized spacial score (nSPS) is 14.6. The van der Waals surface area contributed by atoms with Crippen molar-refractivity contribution in [3.63, 3.8) is 0 Å². The van der Waals surface area contributed by atoms with Gasteiger partial charge in [-0.3, -0.25) is 4.98 Å². The molecule has 1 aliphatic rings. The average Bonchev–Trinajstić information content (AvgIpc) is 3.25. The Bertz CT molecular complexity index is 550. The lowest BCUT2D eigenvalue weighted by Gasteiger charge is -2.08. The Morgan fingerprint density at radius 3 is 2.84 bits per heavy atom. The summed E-state index contributed by atoms with van der Waals surface area (Å²) in [7, 11) is 0. The fraction of sp³-hybridized carbons (Fsp3) is 0.312. The Morgan fingerprint density at radius 2 is 2.11 bits per heavy atom. The van der Waals surface area contributed by atoms with Crippen LogP contribution in [0.15, 0.2) is 42.7 Å². The van der Waals surface area contributed by atoms with E-state index in [2.05, 4.69) is 10.3 Å². The molecule has 3 rings (SSSR count). The van der Waals surface area contributed by atoms with Gasteiger partial charge < -0.3 is 5.32 Å². The van der Waals surface area contributed by atoms with Gasteiger partial charge in [0, 0.05) is 30.5 Å². The van der Waals surface area contributed by atoms with Gasteiger partial charge >= 0.3 is 0 Å². The van der Waals surface area contributed by atoms with Crippen molar-refractivity contribution in [3.05, 3.63) is 65.2 Å². The predicted molar refractivity (Wildman–Crippen MR) is 73.3 cm³/mol. The molecule has 1 saturated carbocycles. The van der Waals surface area contributed by atoms with Crippen LogP contribution in [0.2, 0.25) is 0 Å². The zero-order valence-corrected chi connectivity index (χ0v) is 10.8. The second-order valence-corrected chi connectivity index (χ2v) is 5.12. The second kappa shape index (κ2) is 5.49. The number of rotatable bonds is 5. The monoisotopic (exact) mass is 256 g/mol. The minimum Gasteiger partial charge on any atom is -0.310 e. The van der Waals surface area contributed by atoms with Crippen LogP contribution in [0.4, 0.5) is 4.39 Å². The molecule has 0 amide bonds. The summed E-state index contributed by atoms with van der Waals surface area (Å²) in [5, 5.41) is 3.35. The van der Waals surface area contributed by atoms with Crippen molar-refractivity contribution in [2.75, 3.05) is 0 Å². The summed E-state index contributed by atoms with van der Waals surface area (Å²) in [6.07, 6.45) is 6.85. The van der Waals surface area contributed by atoms with E-state index in [1.807, 2.05) is 30.5 Å². The van der Waals surface area contributed by atoms with Crippen molar-refractivity contribution in [1.29, 1.82) is 0 Å². The van der Waals surface area contributed by atoms with Gasteiger partial charge in [-0.2, -0.15) is 0 Å². The Balaban J connectivity index is 1.72. The molecule has 0 bridgehead atoms. The summed E-state index contributed by atoms with van der Waals surface area (Å²) in [6.45, 7) is 0.622. The average molecular weight is 256 g/mol. The number of pyridine rings is 1. The van der Waals surface area contributed by atoms with Crippen LogP contribution in [0.5, 0.6) is 0 Å². The van der Waals surface area contributed by atoms with Crippen LogP contribution in [-0.4, -0.2) is 11.0 Å². The molecule has 2 aromatic rings. The number of hydrogen-bond acceptors (Lipinski definition) is 2. The van der Waals surface area contributed by atoms with E-state index < -0.39 is 0 Å². The Morgan fingerprint density at radius 1 is 1.21 bits per heavy atom. The highest BCUT2D eigenvalue weighted by Crippen LogP contribution is 2.20. The number of halogens is 1. The zero-order valence-electron chi connectivity index (χ0n) is 10.8. The van der Waals surface area contributed by atoms with Crippen molar-refractivity contribution < 1.29 is 4.39 Å². The first-order valence-electron chi connectivity index (χ1n) is 6.71. The Labute approximate surface area is 112 Å². The molecule has 2 nitrogen and oxygen atoms in total. The molecular formula is C16H17FN2. The number of aromatic nitrogens is 1. The summed E-state index contributed by atoms with van der Waals surface area (Å²) < 4.78 is 13.7. The first-order valence-corrected chi connectivity index (χ1v) is 6.71. The molecule has 1 aromatic heterocycles. The van der Waals surface area contributed by atoms with Crippen molar-refractivity contribution >= 4 is 0 Å². The maximum atomic E-state index is 13.7. The van der Waals surface area contributed by atoms with Gasteiger partial charge in [0.25, 0.3) is 0 Å². The standard InChI is InChI=1S/C16H17FN2/c17-16-6-3-12(8-13-2-1-7-18-10-13)9-14(16)11-19-15-4-5-15/h1-3,6-7,9-10,15,19H,4-5,8,11H2. The summed E-state index contributed by atoms with van der Waals surface area (Å²) in [4.78, 5) is 4.10. The molecule has 0 radical (unpaired) electrons. The summed E-state index contributed by atoms with van der Waals surface area (Å²) in [6, 6.07) is 9.93. The Kier molecular flexibility index (Phi) is 3.56. The molecule has 0 spiro atoms. The molecule has 1 heterocycles. The molecule has 0 saturated heterocycles. The lowest BCUT2D eigenvalue weighted by Crippen LogP contribution is -2.16. The van der Waals surface area contributed by atoms with Crippen LogP contribution < -0.4 is 5.32 Å². The molecule has 19 heavy (non-hydrogen) atoms. The van der Waals surface area contributed by atoms with Crippen molar-refractivity contribution in [2.24, 2.45) is 0 Å². The van der Waals surface area contributed by atoms with E-state index in [0.717, 1.165) is 23.1 Å². The molecule has 98 valence electrons. The van der Waals surface area contributed by atoms with Crippen LogP contribution in [-0.2, 0) is 13.0 Å². The molecule has 1 N–H and O–H groups in total. The van der Waals surface area contributed by atoms with Crippen LogP contribution >= 0.6 is 0 Å². The van der Waals surface area contributed by atoms with E-state index in [1.54, 1.807) is 12.3 Å². The molecule has 0 unspecified atom stereocenters. The number of benzene rings is 1. The third-order valence-electron chi connectivity index (χ3n) is 3.40. The van der Waals surface area contributed by atoms with Gasteiger partial charge in [-0.05, 0) is 42.5 Å². The highest BCUT2D eigenvalue weighted by molar-refractivity contribution is 5.29. The van der Waals surface area contributed by atoms with Crippen LogP contribution in [0.1, 0.15) is 29.5 Å². The van der Waals surface area contributed by atoms with E-state index in [1.165, 1.54) is 12.8 Å². The summed E-state index contributed by atoms with van der Waals surface area (Å²) in [5.41, 5.74) is 3.03. The van der Waals surface area contributed by atoms with Crippen LogP contribution in [0, 0.1) is 5.82 Å². The van der Waals surface area contributed by atoms with Gasteiger partial charge in [-0.25, -0.2) is 4.39 Å². The van der Waals surface area contributed by atoms with E-state index >= 15 is 0 Å². The molecule has 1 fully saturated rings. The lowest BCUT2D eigenvalue weighted by molar-refractivity contribution is 0.586. The van der Waals surface area contributed by atoms with Gasteiger partial charge in [-0.1, -0.05) is 18.2 Å².